The van der Waals surface area contributed by atoms with Crippen LogP contribution in [0.3, 0.4) is 0 Å². The number of H-pyrrole nitrogens is 1. The largest absolute Gasteiger partial charge is 0.465 e. The number of hydrogen-bond donors (Lipinski definition) is 4. The summed E-state index contributed by atoms with van der Waals surface area (Å²) in [5.41, 5.74) is 11.9. The zero-order valence-electron chi connectivity index (χ0n) is 19.0. The quantitative estimate of drug-likeness (QED) is 0.231. The molecule has 2 atom stereocenters. The highest BCUT2D eigenvalue weighted by Gasteiger charge is 2.39. The number of sulfonamides is 1. The van der Waals surface area contributed by atoms with E-state index in [1.54, 1.807) is 19.3 Å². The lowest BCUT2D eigenvalue weighted by Crippen LogP contribution is -2.51. The van der Waals surface area contributed by atoms with Crippen LogP contribution in [0.5, 0.6) is 0 Å². The zero-order chi connectivity index (χ0) is 25.8. The Labute approximate surface area is 213 Å². The molecule has 1 amide bonds. The molecule has 3 rings (SSSR count). The number of nitrogen functional groups attached to an aromatic ring is 1. The Balaban J connectivity index is 1.86. The van der Waals surface area contributed by atoms with Gasteiger partial charge in [0.2, 0.25) is 15.9 Å². The molecule has 1 unspecified atom stereocenters. The number of anilines is 1. The summed E-state index contributed by atoms with van der Waals surface area (Å²) in [6.07, 6.45) is 4.85. The van der Waals surface area contributed by atoms with E-state index in [9.17, 15) is 18.0 Å². The second-order valence-electron chi connectivity index (χ2n) is 8.14. The molecule has 192 valence electrons. The Morgan fingerprint density at radius 1 is 1.29 bits per heavy atom. The van der Waals surface area contributed by atoms with Gasteiger partial charge in [0.25, 0.3) is 0 Å². The number of imidazole rings is 1. The monoisotopic (exact) mass is 546 g/mol. The van der Waals surface area contributed by atoms with E-state index < -0.39 is 34.0 Å². The Bertz CT molecular complexity index is 1130. The van der Waals surface area contributed by atoms with Gasteiger partial charge in [0.15, 0.2) is 0 Å². The summed E-state index contributed by atoms with van der Waals surface area (Å²) < 4.78 is 33.8. The number of benzene rings is 1. The molecular weight excluding hydrogens is 519 g/mol. The summed E-state index contributed by atoms with van der Waals surface area (Å²) in [7, 11) is -4.25. The Morgan fingerprint density at radius 3 is 2.49 bits per heavy atom. The van der Waals surface area contributed by atoms with Gasteiger partial charge in [-0.3, -0.25) is 9.59 Å². The molecule has 0 spiro atoms. The van der Waals surface area contributed by atoms with E-state index in [4.69, 9.17) is 39.4 Å². The number of aromatic nitrogens is 2. The number of halogens is 2. The summed E-state index contributed by atoms with van der Waals surface area (Å²) in [6.45, 7) is 1.55. The minimum Gasteiger partial charge on any atom is -0.465 e. The van der Waals surface area contributed by atoms with Crippen molar-refractivity contribution in [3.63, 3.8) is 0 Å². The maximum atomic E-state index is 13.5. The fraction of sp³-hybridized carbons (Fsp3) is 0.476. The number of carbonyl (C=O) groups is 2. The van der Waals surface area contributed by atoms with Gasteiger partial charge in [0, 0.05) is 18.4 Å². The van der Waals surface area contributed by atoms with Crippen molar-refractivity contribution in [2.75, 3.05) is 18.9 Å². The third kappa shape index (κ3) is 7.07. The Hall–Kier alpha value is -2.38. The lowest BCUT2D eigenvalue weighted by atomic mass is 10.1. The summed E-state index contributed by atoms with van der Waals surface area (Å²) in [6, 6.07) is 0.352. The SMILES string of the molecule is CCOC(=O)CN(C(=O)[C@H](CCC(N)c1ncc[nH]1)NS(=O)(=O)c1cc(Cl)c(N)c(Cl)c1)C1CC1. The van der Waals surface area contributed by atoms with E-state index in [1.165, 1.54) is 4.90 Å². The summed E-state index contributed by atoms with van der Waals surface area (Å²) in [5.74, 6) is -0.621. The van der Waals surface area contributed by atoms with Gasteiger partial charge in [-0.15, -0.1) is 0 Å². The summed E-state index contributed by atoms with van der Waals surface area (Å²) in [5, 5.41) is -0.0787. The van der Waals surface area contributed by atoms with E-state index in [1.807, 2.05) is 0 Å². The smallest absolute Gasteiger partial charge is 0.325 e. The van der Waals surface area contributed by atoms with Crippen molar-refractivity contribution in [2.45, 2.75) is 55.6 Å². The van der Waals surface area contributed by atoms with Crippen LogP contribution < -0.4 is 16.2 Å². The van der Waals surface area contributed by atoms with Gasteiger partial charge < -0.3 is 26.1 Å². The highest BCUT2D eigenvalue weighted by atomic mass is 35.5. The number of aromatic amines is 1. The van der Waals surface area contributed by atoms with Crippen molar-refractivity contribution in [3.8, 4) is 0 Å². The number of nitrogens with one attached hydrogen (secondary N) is 2. The van der Waals surface area contributed by atoms with Crippen molar-refractivity contribution in [2.24, 2.45) is 5.73 Å². The first-order chi connectivity index (χ1) is 16.5. The van der Waals surface area contributed by atoms with Crippen molar-refractivity contribution in [3.05, 3.63) is 40.4 Å². The summed E-state index contributed by atoms with van der Waals surface area (Å²) in [4.78, 5) is 33.7. The van der Waals surface area contributed by atoms with Crippen molar-refractivity contribution in [1.29, 1.82) is 0 Å². The molecule has 11 nitrogen and oxygen atoms in total. The van der Waals surface area contributed by atoms with E-state index >= 15 is 0 Å². The van der Waals surface area contributed by atoms with Crippen LogP contribution in [0.15, 0.2) is 29.4 Å². The van der Waals surface area contributed by atoms with Gasteiger partial charge in [-0.1, -0.05) is 23.2 Å². The van der Waals surface area contributed by atoms with Crippen molar-refractivity contribution in [1.82, 2.24) is 19.6 Å². The zero-order valence-corrected chi connectivity index (χ0v) is 21.4. The third-order valence-corrected chi connectivity index (χ3v) is 7.55. The van der Waals surface area contributed by atoms with Gasteiger partial charge in [0.1, 0.15) is 18.4 Å². The molecule has 1 aromatic carbocycles. The Kier molecular flexibility index (Phi) is 9.00. The third-order valence-electron chi connectivity index (χ3n) is 5.47. The van der Waals surface area contributed by atoms with Crippen molar-refractivity contribution < 1.29 is 22.7 Å². The van der Waals surface area contributed by atoms with Gasteiger partial charge in [-0.2, -0.15) is 4.72 Å². The molecule has 0 radical (unpaired) electrons. The highest BCUT2D eigenvalue weighted by Crippen LogP contribution is 2.32. The van der Waals surface area contributed by atoms with Crippen LogP contribution in [0.1, 0.15) is 44.5 Å². The van der Waals surface area contributed by atoms with Crippen LogP contribution in [-0.2, 0) is 24.3 Å². The molecule has 1 heterocycles. The second kappa shape index (κ2) is 11.6. The molecule has 1 fully saturated rings. The number of nitrogens with zero attached hydrogens (tertiary/aromatic N) is 2. The van der Waals surface area contributed by atoms with E-state index in [2.05, 4.69) is 14.7 Å². The minimum atomic E-state index is -4.25. The summed E-state index contributed by atoms with van der Waals surface area (Å²) >= 11 is 12.0. The first-order valence-electron chi connectivity index (χ1n) is 11.0. The van der Waals surface area contributed by atoms with Crippen molar-refractivity contribution >= 4 is 50.8 Å². The molecular formula is C21H28Cl2N6O5S. The van der Waals surface area contributed by atoms with Gasteiger partial charge in [0.05, 0.1) is 33.3 Å². The fourth-order valence-corrected chi connectivity index (χ4v) is 5.38. The average Bonchev–Trinajstić information content (AvgIpc) is 3.50. The molecule has 0 aliphatic heterocycles. The molecule has 2 aromatic rings. The minimum absolute atomic E-state index is 0.0393. The second-order valence-corrected chi connectivity index (χ2v) is 10.7. The highest BCUT2D eigenvalue weighted by molar-refractivity contribution is 7.89. The van der Waals surface area contributed by atoms with Crippen LogP contribution in [0, 0.1) is 0 Å². The first-order valence-corrected chi connectivity index (χ1v) is 13.2. The molecule has 14 heteroatoms. The molecule has 35 heavy (non-hydrogen) atoms. The predicted octanol–water partition coefficient (Wildman–Crippen LogP) is 1.98. The fourth-order valence-electron chi connectivity index (χ4n) is 3.49. The predicted molar refractivity (Wildman–Crippen MR) is 131 cm³/mol. The van der Waals surface area contributed by atoms with E-state index in [0.717, 1.165) is 12.1 Å². The molecule has 1 saturated carbocycles. The van der Waals surface area contributed by atoms with E-state index in [0.29, 0.717) is 18.7 Å². The molecule has 1 aromatic heterocycles. The number of carbonyl (C=O) groups excluding carboxylic acids is 2. The number of hydrogen-bond acceptors (Lipinski definition) is 8. The lowest BCUT2D eigenvalue weighted by molar-refractivity contribution is -0.149. The normalized spacial score (nSPS) is 15.4. The lowest BCUT2D eigenvalue weighted by Gasteiger charge is -2.27. The number of esters is 1. The average molecular weight is 547 g/mol. The molecule has 0 saturated heterocycles. The van der Waals surface area contributed by atoms with Crippen LogP contribution in [0.2, 0.25) is 10.0 Å². The molecule has 6 N–H and O–H groups in total. The van der Waals surface area contributed by atoms with Crippen LogP contribution in [0.25, 0.3) is 0 Å². The molecule has 0 bridgehead atoms. The number of amides is 1. The van der Waals surface area contributed by atoms with Gasteiger partial charge >= 0.3 is 5.97 Å². The standard InChI is InChI=1S/C21H28Cl2N6O5S/c1-2-34-18(30)11-29(12-3-4-12)21(31)17(6-5-16(24)20-26-7-8-27-20)28-35(32,33)13-9-14(22)19(25)15(23)10-13/h7-10,12,16-17,28H,2-6,11,24-25H2,1H3,(H,26,27)/t16?,17-/m0/s1. The Morgan fingerprint density at radius 2 is 1.94 bits per heavy atom. The van der Waals surface area contributed by atoms with Crippen LogP contribution in [-0.4, -0.2) is 60.4 Å². The number of ether oxygens (including phenoxy) is 1. The van der Waals surface area contributed by atoms with Crippen LogP contribution >= 0.6 is 23.2 Å². The van der Waals surface area contributed by atoms with E-state index in [-0.39, 0.29) is 52.7 Å². The maximum Gasteiger partial charge on any atom is 0.325 e. The maximum absolute atomic E-state index is 13.5. The molecule has 1 aliphatic carbocycles. The first kappa shape index (κ1) is 27.2. The number of rotatable bonds is 12. The molecule has 1 aliphatic rings. The topological polar surface area (TPSA) is 174 Å². The van der Waals surface area contributed by atoms with Gasteiger partial charge in [-0.05, 0) is 44.7 Å². The van der Waals surface area contributed by atoms with Gasteiger partial charge in [-0.25, -0.2) is 13.4 Å². The van der Waals surface area contributed by atoms with Crippen LogP contribution in [0.4, 0.5) is 5.69 Å². The number of nitrogens with two attached hydrogens (primary N) is 2.